The highest BCUT2D eigenvalue weighted by Gasteiger charge is 2.33. The summed E-state index contributed by atoms with van der Waals surface area (Å²) in [5.74, 6) is -1.54. The maximum absolute atomic E-state index is 12.4. The largest absolute Gasteiger partial charge is 0.478 e. The van der Waals surface area contributed by atoms with Gasteiger partial charge in [0.1, 0.15) is 0 Å². The molecule has 2 unspecified atom stereocenters. The van der Waals surface area contributed by atoms with Gasteiger partial charge < -0.3 is 15.2 Å². The molecule has 21 heavy (non-hydrogen) atoms. The Morgan fingerprint density at radius 3 is 2.76 bits per heavy atom. The van der Waals surface area contributed by atoms with Gasteiger partial charge in [0.05, 0.1) is 23.3 Å². The Balaban J connectivity index is 2.27. The number of halogens is 2. The van der Waals surface area contributed by atoms with Crippen molar-refractivity contribution in [2.24, 2.45) is 5.92 Å². The van der Waals surface area contributed by atoms with Crippen molar-refractivity contribution in [1.82, 2.24) is 0 Å². The van der Waals surface area contributed by atoms with Gasteiger partial charge in [0, 0.05) is 15.6 Å². The normalized spacial score (nSPS) is 21.3. The van der Waals surface area contributed by atoms with E-state index in [1.807, 2.05) is 6.92 Å². The second kappa shape index (κ2) is 6.89. The molecule has 0 aromatic heterocycles. The Kier molecular flexibility index (Phi) is 5.40. The van der Waals surface area contributed by atoms with Crippen LogP contribution in [0.25, 0.3) is 0 Å². The van der Waals surface area contributed by atoms with E-state index in [-0.39, 0.29) is 29.2 Å². The molecule has 0 spiro atoms. The van der Waals surface area contributed by atoms with Gasteiger partial charge in [-0.2, -0.15) is 0 Å². The lowest BCUT2D eigenvalue weighted by Crippen LogP contribution is -2.30. The van der Waals surface area contributed by atoms with Crippen LogP contribution >= 0.6 is 31.9 Å². The fraction of sp³-hybridized carbons (Fsp3) is 0.429. The molecule has 1 aromatic rings. The van der Waals surface area contributed by atoms with Crippen LogP contribution in [0, 0.1) is 5.92 Å². The quantitative estimate of drug-likeness (QED) is 0.779. The van der Waals surface area contributed by atoms with E-state index in [4.69, 9.17) is 4.74 Å². The first kappa shape index (κ1) is 16.5. The average molecular weight is 421 g/mol. The molecular formula is C14H15Br2NO4. The molecule has 0 saturated carbocycles. The number of aromatic carboxylic acids is 1. The number of anilines is 1. The summed E-state index contributed by atoms with van der Waals surface area (Å²) in [6.45, 7) is 2.53. The maximum Gasteiger partial charge on any atom is 0.337 e. The number of benzene rings is 1. The van der Waals surface area contributed by atoms with Gasteiger partial charge in [0.25, 0.3) is 0 Å². The Morgan fingerprint density at radius 1 is 1.43 bits per heavy atom. The summed E-state index contributed by atoms with van der Waals surface area (Å²) in [5.41, 5.74) is 0.314. The molecule has 1 aliphatic heterocycles. The van der Waals surface area contributed by atoms with Gasteiger partial charge in [0.15, 0.2) is 0 Å². The Hall–Kier alpha value is -0.920. The molecule has 2 N–H and O–H groups in total. The fourth-order valence-corrected chi connectivity index (χ4v) is 3.76. The van der Waals surface area contributed by atoms with Gasteiger partial charge in [-0.1, -0.05) is 22.9 Å². The van der Waals surface area contributed by atoms with Crippen molar-refractivity contribution in [2.75, 3.05) is 11.9 Å². The zero-order valence-electron chi connectivity index (χ0n) is 11.4. The van der Waals surface area contributed by atoms with Crippen LogP contribution in [-0.2, 0) is 9.53 Å². The minimum atomic E-state index is -1.10. The predicted octanol–water partition coefficient (Wildman–Crippen LogP) is 3.66. The smallest absolute Gasteiger partial charge is 0.337 e. The Labute approximate surface area is 139 Å². The Morgan fingerprint density at radius 2 is 2.14 bits per heavy atom. The monoisotopic (exact) mass is 419 g/mol. The molecule has 2 rings (SSSR count). The van der Waals surface area contributed by atoms with Gasteiger partial charge in [-0.05, 0) is 40.9 Å². The van der Waals surface area contributed by atoms with Crippen molar-refractivity contribution in [3.63, 3.8) is 0 Å². The lowest BCUT2D eigenvalue weighted by Gasteiger charge is -2.18. The van der Waals surface area contributed by atoms with E-state index >= 15 is 0 Å². The molecule has 1 aromatic carbocycles. The number of hydrogen-bond acceptors (Lipinski definition) is 3. The van der Waals surface area contributed by atoms with E-state index < -0.39 is 5.97 Å². The first-order valence-electron chi connectivity index (χ1n) is 6.58. The summed E-state index contributed by atoms with van der Waals surface area (Å²) in [5, 5.41) is 12.0. The number of carboxylic acids is 1. The lowest BCUT2D eigenvalue weighted by atomic mass is 9.98. The van der Waals surface area contributed by atoms with Crippen LogP contribution < -0.4 is 5.32 Å². The number of carbonyl (C=O) groups is 2. The summed E-state index contributed by atoms with van der Waals surface area (Å²) >= 11 is 6.54. The molecule has 2 atom stereocenters. The minimum absolute atomic E-state index is 0.0385. The summed E-state index contributed by atoms with van der Waals surface area (Å²) < 4.78 is 6.65. The zero-order chi connectivity index (χ0) is 15.6. The maximum atomic E-state index is 12.4. The third-order valence-electron chi connectivity index (χ3n) is 3.48. The van der Waals surface area contributed by atoms with E-state index in [1.165, 1.54) is 6.07 Å². The predicted molar refractivity (Wildman–Crippen MR) is 85.6 cm³/mol. The molecule has 1 aliphatic rings. The van der Waals surface area contributed by atoms with E-state index in [0.717, 1.165) is 6.42 Å². The molecule has 114 valence electrons. The van der Waals surface area contributed by atoms with Crippen LogP contribution in [0.2, 0.25) is 0 Å². The SMILES string of the molecule is CCC1OCCC1C(=O)Nc1c(Br)cc(Br)cc1C(=O)O. The van der Waals surface area contributed by atoms with Crippen LogP contribution in [0.3, 0.4) is 0 Å². The van der Waals surface area contributed by atoms with Crippen LogP contribution in [0.1, 0.15) is 30.1 Å². The molecule has 1 heterocycles. The van der Waals surface area contributed by atoms with Crippen molar-refractivity contribution in [3.8, 4) is 0 Å². The number of amides is 1. The number of ether oxygens (including phenoxy) is 1. The summed E-state index contributed by atoms with van der Waals surface area (Å²) in [6, 6.07) is 3.16. The van der Waals surface area contributed by atoms with Crippen LogP contribution in [0.4, 0.5) is 5.69 Å². The number of rotatable bonds is 4. The molecule has 0 radical (unpaired) electrons. The summed E-state index contributed by atoms with van der Waals surface area (Å²) in [4.78, 5) is 23.7. The third-order valence-corrected chi connectivity index (χ3v) is 4.57. The average Bonchev–Trinajstić information content (AvgIpc) is 2.89. The van der Waals surface area contributed by atoms with E-state index in [2.05, 4.69) is 37.2 Å². The highest BCUT2D eigenvalue weighted by Crippen LogP contribution is 2.32. The zero-order valence-corrected chi connectivity index (χ0v) is 14.5. The van der Waals surface area contributed by atoms with Crippen molar-refractivity contribution < 1.29 is 19.4 Å². The van der Waals surface area contributed by atoms with E-state index in [1.54, 1.807) is 6.07 Å². The first-order valence-corrected chi connectivity index (χ1v) is 8.17. The van der Waals surface area contributed by atoms with E-state index in [9.17, 15) is 14.7 Å². The van der Waals surface area contributed by atoms with Gasteiger partial charge >= 0.3 is 5.97 Å². The Bertz CT molecular complexity index is 576. The second-order valence-corrected chi connectivity index (χ2v) is 6.59. The number of hydrogen-bond donors (Lipinski definition) is 2. The van der Waals surface area contributed by atoms with Gasteiger partial charge in [-0.25, -0.2) is 4.79 Å². The molecule has 1 saturated heterocycles. The molecular weight excluding hydrogens is 406 g/mol. The third kappa shape index (κ3) is 3.64. The molecule has 5 nitrogen and oxygen atoms in total. The molecule has 0 bridgehead atoms. The van der Waals surface area contributed by atoms with Gasteiger partial charge in [-0.3, -0.25) is 4.79 Å². The number of nitrogens with one attached hydrogen (secondary N) is 1. The van der Waals surface area contributed by atoms with Crippen molar-refractivity contribution in [2.45, 2.75) is 25.9 Å². The standard InChI is InChI=1S/C14H15Br2NO4/c1-2-11-8(3-4-21-11)13(18)17-12-9(14(19)20)5-7(15)6-10(12)16/h5-6,8,11H,2-4H2,1H3,(H,17,18)(H,19,20). The molecule has 1 amide bonds. The second-order valence-electron chi connectivity index (χ2n) is 4.82. The minimum Gasteiger partial charge on any atom is -0.478 e. The molecule has 7 heteroatoms. The molecule has 1 fully saturated rings. The summed E-state index contributed by atoms with van der Waals surface area (Å²) in [7, 11) is 0. The topological polar surface area (TPSA) is 75.6 Å². The van der Waals surface area contributed by atoms with Crippen molar-refractivity contribution >= 4 is 49.4 Å². The summed E-state index contributed by atoms with van der Waals surface area (Å²) in [6.07, 6.45) is 1.30. The van der Waals surface area contributed by atoms with Gasteiger partial charge in [0.2, 0.25) is 5.91 Å². The first-order chi connectivity index (χ1) is 9.93. The number of carbonyl (C=O) groups excluding carboxylic acids is 1. The van der Waals surface area contributed by atoms with Crippen molar-refractivity contribution in [3.05, 3.63) is 26.6 Å². The highest BCUT2D eigenvalue weighted by molar-refractivity contribution is 9.11. The van der Waals surface area contributed by atoms with Gasteiger partial charge in [-0.15, -0.1) is 0 Å². The van der Waals surface area contributed by atoms with Crippen LogP contribution in [0.5, 0.6) is 0 Å². The fourth-order valence-electron chi connectivity index (χ4n) is 2.44. The van der Waals surface area contributed by atoms with Crippen LogP contribution in [0.15, 0.2) is 21.1 Å². The van der Waals surface area contributed by atoms with E-state index in [0.29, 0.717) is 22.0 Å². The van der Waals surface area contributed by atoms with Crippen LogP contribution in [-0.4, -0.2) is 29.7 Å². The molecule has 0 aliphatic carbocycles. The van der Waals surface area contributed by atoms with Crippen molar-refractivity contribution in [1.29, 1.82) is 0 Å². The highest BCUT2D eigenvalue weighted by atomic mass is 79.9. The number of carboxylic acid groups (broad SMARTS) is 1. The lowest BCUT2D eigenvalue weighted by molar-refractivity contribution is -0.121.